The van der Waals surface area contributed by atoms with Gasteiger partial charge in [-0.3, -0.25) is 9.69 Å². The molecule has 1 rings (SSSR count). The Kier molecular flexibility index (Phi) is 4.05. The minimum absolute atomic E-state index is 0.271. The second-order valence-corrected chi connectivity index (χ2v) is 3.97. The molecule has 1 saturated heterocycles. The normalized spacial score (nSPS) is 21.2. The molecular formula is C8H16N2OS. The van der Waals surface area contributed by atoms with Gasteiger partial charge in [-0.05, 0) is 13.2 Å². The van der Waals surface area contributed by atoms with E-state index in [1.165, 1.54) is 0 Å². The fraction of sp³-hybridized carbons (Fsp3) is 0.875. The highest BCUT2D eigenvalue weighted by atomic mass is 32.2. The average molecular weight is 188 g/mol. The minimum atomic E-state index is 0.271. The minimum Gasteiger partial charge on any atom is -0.299 e. The first-order valence-electron chi connectivity index (χ1n) is 4.23. The maximum absolute atomic E-state index is 10.8. The summed E-state index contributed by atoms with van der Waals surface area (Å²) < 4.78 is 2.33. The molecule has 4 heteroatoms. The summed E-state index contributed by atoms with van der Waals surface area (Å²) >= 11 is 1.79. The van der Waals surface area contributed by atoms with Crippen LogP contribution in [0.25, 0.3) is 0 Å². The van der Waals surface area contributed by atoms with Crippen LogP contribution >= 0.6 is 11.9 Å². The van der Waals surface area contributed by atoms with Crippen molar-refractivity contribution >= 4 is 17.7 Å². The summed E-state index contributed by atoms with van der Waals surface area (Å²) in [6.45, 7) is 6.49. The van der Waals surface area contributed by atoms with Crippen LogP contribution in [0.2, 0.25) is 0 Å². The van der Waals surface area contributed by atoms with Gasteiger partial charge in [0.1, 0.15) is 5.78 Å². The van der Waals surface area contributed by atoms with E-state index >= 15 is 0 Å². The monoisotopic (exact) mass is 188 g/mol. The Labute approximate surface area is 78.2 Å². The maximum atomic E-state index is 10.8. The van der Waals surface area contributed by atoms with Crippen LogP contribution < -0.4 is 0 Å². The number of carbonyl (C=O) groups excluding carboxylic acids is 1. The van der Waals surface area contributed by atoms with Crippen LogP contribution in [0, 0.1) is 0 Å². The van der Waals surface area contributed by atoms with Gasteiger partial charge in [0.15, 0.2) is 0 Å². The zero-order valence-electron chi connectivity index (χ0n) is 7.75. The van der Waals surface area contributed by atoms with Crippen molar-refractivity contribution in [3.8, 4) is 0 Å². The number of hydrogen-bond donors (Lipinski definition) is 0. The molecule has 0 N–H and O–H groups in total. The lowest BCUT2D eigenvalue weighted by atomic mass is 10.3. The molecule has 3 nitrogen and oxygen atoms in total. The molecule has 70 valence electrons. The van der Waals surface area contributed by atoms with E-state index in [1.807, 2.05) is 0 Å². The second kappa shape index (κ2) is 4.84. The van der Waals surface area contributed by atoms with Crippen LogP contribution in [0.4, 0.5) is 0 Å². The van der Waals surface area contributed by atoms with Crippen molar-refractivity contribution in [1.82, 2.24) is 9.21 Å². The van der Waals surface area contributed by atoms with E-state index in [0.29, 0.717) is 6.54 Å². The summed E-state index contributed by atoms with van der Waals surface area (Å²) in [5.74, 6) is 0.271. The van der Waals surface area contributed by atoms with Crippen molar-refractivity contribution in [1.29, 1.82) is 0 Å². The zero-order valence-corrected chi connectivity index (χ0v) is 8.56. The van der Waals surface area contributed by atoms with Gasteiger partial charge in [0, 0.05) is 26.2 Å². The Balaban J connectivity index is 2.21. The van der Waals surface area contributed by atoms with E-state index in [-0.39, 0.29) is 5.78 Å². The van der Waals surface area contributed by atoms with Crippen molar-refractivity contribution in [3.05, 3.63) is 0 Å². The van der Waals surface area contributed by atoms with Crippen LogP contribution in [-0.4, -0.2) is 54.0 Å². The van der Waals surface area contributed by atoms with Gasteiger partial charge in [0.05, 0.1) is 6.54 Å². The number of carbonyl (C=O) groups is 1. The van der Waals surface area contributed by atoms with Crippen molar-refractivity contribution in [3.63, 3.8) is 0 Å². The molecule has 0 aromatic carbocycles. The number of Topliss-reactive ketones (excluding diaryl/α,β-unsaturated/α-hetero) is 1. The molecule has 0 atom stereocenters. The molecule has 0 aromatic heterocycles. The van der Waals surface area contributed by atoms with Crippen LogP contribution in [0.3, 0.4) is 0 Å². The smallest absolute Gasteiger partial charge is 0.143 e. The molecule has 0 unspecified atom stereocenters. The molecule has 1 aliphatic heterocycles. The van der Waals surface area contributed by atoms with Crippen LogP contribution in [0.15, 0.2) is 0 Å². The largest absolute Gasteiger partial charge is 0.299 e. The third-order valence-corrected chi connectivity index (χ3v) is 2.92. The molecule has 1 fully saturated rings. The molecule has 0 saturated carbocycles. The van der Waals surface area contributed by atoms with E-state index in [4.69, 9.17) is 0 Å². The highest BCUT2D eigenvalue weighted by Crippen LogP contribution is 2.09. The number of hydrogen-bond acceptors (Lipinski definition) is 4. The van der Waals surface area contributed by atoms with Crippen LogP contribution in [-0.2, 0) is 4.79 Å². The molecule has 0 radical (unpaired) electrons. The van der Waals surface area contributed by atoms with E-state index in [2.05, 4.69) is 15.5 Å². The molecule has 0 spiro atoms. The lowest BCUT2D eigenvalue weighted by molar-refractivity contribution is -0.118. The molecular weight excluding hydrogens is 172 g/mol. The van der Waals surface area contributed by atoms with E-state index in [9.17, 15) is 4.79 Å². The predicted molar refractivity (Wildman–Crippen MR) is 52.2 cm³/mol. The molecule has 0 aromatic rings. The van der Waals surface area contributed by atoms with Gasteiger partial charge in [-0.25, -0.2) is 4.31 Å². The lowest BCUT2D eigenvalue weighted by Gasteiger charge is -2.32. The Morgan fingerprint density at radius 3 is 2.33 bits per heavy atom. The van der Waals surface area contributed by atoms with Crippen LogP contribution in [0.5, 0.6) is 0 Å². The first-order chi connectivity index (χ1) is 5.72. The van der Waals surface area contributed by atoms with E-state index < -0.39 is 0 Å². The predicted octanol–water partition coefficient (Wildman–Crippen LogP) is 0.471. The summed E-state index contributed by atoms with van der Waals surface area (Å²) in [5, 5.41) is 0. The summed E-state index contributed by atoms with van der Waals surface area (Å²) in [4.78, 5) is 13.0. The van der Waals surface area contributed by atoms with Gasteiger partial charge < -0.3 is 0 Å². The Bertz CT molecular complexity index is 155. The standard InChI is InChI=1S/C8H16N2OS/c1-8(11)7-9-3-5-10(12-2)6-4-9/h3-7H2,1-2H3. The topological polar surface area (TPSA) is 23.6 Å². The molecule has 0 aliphatic carbocycles. The van der Waals surface area contributed by atoms with Crippen molar-refractivity contribution in [2.45, 2.75) is 6.92 Å². The quantitative estimate of drug-likeness (QED) is 0.601. The number of rotatable bonds is 3. The Hall–Kier alpha value is -0.0600. The average Bonchev–Trinajstić information content (AvgIpc) is 2.05. The Morgan fingerprint density at radius 2 is 1.92 bits per heavy atom. The molecule has 12 heavy (non-hydrogen) atoms. The summed E-state index contributed by atoms with van der Waals surface area (Å²) in [6.07, 6.45) is 2.10. The maximum Gasteiger partial charge on any atom is 0.143 e. The SMILES string of the molecule is CSN1CCN(CC(C)=O)CC1. The summed E-state index contributed by atoms with van der Waals surface area (Å²) in [7, 11) is 0. The highest BCUT2D eigenvalue weighted by Gasteiger charge is 2.16. The second-order valence-electron chi connectivity index (χ2n) is 3.09. The van der Waals surface area contributed by atoms with Crippen LogP contribution in [0.1, 0.15) is 6.92 Å². The highest BCUT2D eigenvalue weighted by molar-refractivity contribution is 7.96. The lowest BCUT2D eigenvalue weighted by Crippen LogP contribution is -2.44. The first-order valence-corrected chi connectivity index (χ1v) is 5.41. The number of ketones is 1. The molecule has 0 bridgehead atoms. The van der Waals surface area contributed by atoms with E-state index in [0.717, 1.165) is 26.2 Å². The molecule has 0 amide bonds. The van der Waals surface area contributed by atoms with Crippen molar-refractivity contribution in [2.75, 3.05) is 39.0 Å². The summed E-state index contributed by atoms with van der Waals surface area (Å²) in [5.41, 5.74) is 0. The van der Waals surface area contributed by atoms with Gasteiger partial charge >= 0.3 is 0 Å². The van der Waals surface area contributed by atoms with Gasteiger partial charge in [-0.2, -0.15) is 0 Å². The fourth-order valence-electron chi connectivity index (χ4n) is 1.39. The zero-order chi connectivity index (χ0) is 8.97. The van der Waals surface area contributed by atoms with Gasteiger partial charge in [0.2, 0.25) is 0 Å². The first kappa shape index (κ1) is 10.0. The molecule has 1 aliphatic rings. The third-order valence-electron chi connectivity index (χ3n) is 2.04. The van der Waals surface area contributed by atoms with Crippen molar-refractivity contribution in [2.24, 2.45) is 0 Å². The van der Waals surface area contributed by atoms with E-state index in [1.54, 1.807) is 18.9 Å². The fourth-order valence-corrected chi connectivity index (χ4v) is 1.91. The van der Waals surface area contributed by atoms with Gasteiger partial charge in [-0.1, -0.05) is 11.9 Å². The third kappa shape index (κ3) is 3.13. The Morgan fingerprint density at radius 1 is 1.33 bits per heavy atom. The number of piperazine rings is 1. The molecule has 1 heterocycles. The van der Waals surface area contributed by atoms with Gasteiger partial charge in [0.25, 0.3) is 0 Å². The number of nitrogens with zero attached hydrogens (tertiary/aromatic N) is 2. The van der Waals surface area contributed by atoms with Crippen molar-refractivity contribution < 1.29 is 4.79 Å². The van der Waals surface area contributed by atoms with Gasteiger partial charge in [-0.15, -0.1) is 0 Å². The summed E-state index contributed by atoms with van der Waals surface area (Å²) in [6, 6.07) is 0.